The summed E-state index contributed by atoms with van der Waals surface area (Å²) in [5.74, 6) is 0.968. The lowest BCUT2D eigenvalue weighted by Crippen LogP contribution is -2.09. The first-order chi connectivity index (χ1) is 24.4. The van der Waals surface area contributed by atoms with Crippen LogP contribution >= 0.6 is 11.8 Å². The van der Waals surface area contributed by atoms with E-state index in [9.17, 15) is 0 Å². The number of rotatable bonds is 3. The standard InChI is InChI=1S/C45H36N4S/c1-23-7-6-8-24(2)39(23)30-13-16-32-34(21-30)40-25(3)9-12-29-14-17-36-35(47-45(32)48(36)42(29)40)20-28-11-15-31-33(19-28)41-26(4)10-18-38-43(41)49-37(22-50-38)27(5)46-44(31)49/h6-13,15-16,18-19,21H,14,17,20,22H2,1-5H3. The fraction of sp³-hybridized carbons (Fsp3) is 0.200. The number of thioether (sulfide) groups is 1. The van der Waals surface area contributed by atoms with Gasteiger partial charge in [0.25, 0.3) is 0 Å². The van der Waals surface area contributed by atoms with Crippen molar-refractivity contribution in [3.63, 3.8) is 0 Å². The van der Waals surface area contributed by atoms with Crippen molar-refractivity contribution in [2.45, 2.75) is 64.5 Å². The first kappa shape index (κ1) is 28.7. The average Bonchev–Trinajstić information content (AvgIpc) is 3.66. The summed E-state index contributed by atoms with van der Waals surface area (Å²) in [7, 11) is 0. The zero-order chi connectivity index (χ0) is 33.6. The highest BCUT2D eigenvalue weighted by Gasteiger charge is 2.26. The number of pyridine rings is 2. The highest BCUT2D eigenvalue weighted by atomic mass is 32.2. The quantitative estimate of drug-likeness (QED) is 0.176. The Hall–Kier alpha value is -5.13. The topological polar surface area (TPSA) is 34.6 Å². The molecule has 0 radical (unpaired) electrons. The van der Waals surface area contributed by atoms with E-state index in [2.05, 4.69) is 122 Å². The molecule has 0 fully saturated rings. The van der Waals surface area contributed by atoms with Crippen molar-refractivity contribution < 1.29 is 0 Å². The van der Waals surface area contributed by atoms with Crippen molar-refractivity contribution in [3.8, 4) is 11.1 Å². The minimum absolute atomic E-state index is 0.802. The van der Waals surface area contributed by atoms with Crippen LogP contribution in [0.3, 0.4) is 0 Å². The van der Waals surface area contributed by atoms with Gasteiger partial charge in [-0.1, -0.05) is 54.6 Å². The first-order valence-electron chi connectivity index (χ1n) is 17.8. The predicted octanol–water partition coefficient (Wildman–Crippen LogP) is 11.1. The van der Waals surface area contributed by atoms with Crippen LogP contribution in [0.4, 0.5) is 0 Å². The van der Waals surface area contributed by atoms with E-state index in [1.807, 2.05) is 11.8 Å². The Balaban J connectivity index is 1.15. The number of hydrogen-bond acceptors (Lipinski definition) is 3. The maximum absolute atomic E-state index is 5.55. The van der Waals surface area contributed by atoms with Gasteiger partial charge in [-0.15, -0.1) is 11.8 Å². The SMILES string of the molecule is Cc1cccc(C)c1-c1ccc2c(c1)c1c(C)ccc3c1n1c(c(Cc4ccc5c(c4)c4c(C)ccc6c4n4c(c(C)nc54)CS6)nc21)CC3. The van der Waals surface area contributed by atoms with Gasteiger partial charge in [-0.2, -0.15) is 0 Å². The van der Waals surface area contributed by atoms with Gasteiger partial charge >= 0.3 is 0 Å². The molecule has 50 heavy (non-hydrogen) atoms. The second kappa shape index (κ2) is 9.98. The van der Waals surface area contributed by atoms with Crippen LogP contribution in [0, 0.1) is 34.6 Å². The molecule has 0 spiro atoms. The molecule has 0 unspecified atom stereocenters. The molecule has 2 aliphatic rings. The summed E-state index contributed by atoms with van der Waals surface area (Å²) in [6.45, 7) is 11.1. The van der Waals surface area contributed by atoms with Crippen molar-refractivity contribution in [1.29, 1.82) is 0 Å². The Morgan fingerprint density at radius 1 is 0.620 bits per heavy atom. The van der Waals surface area contributed by atoms with Crippen molar-refractivity contribution in [3.05, 3.63) is 135 Å². The van der Waals surface area contributed by atoms with Gasteiger partial charge in [-0.3, -0.25) is 8.80 Å². The average molecular weight is 665 g/mol. The summed E-state index contributed by atoms with van der Waals surface area (Å²) in [5.41, 5.74) is 20.5. The number of benzene rings is 5. The lowest BCUT2D eigenvalue weighted by atomic mass is 9.90. The van der Waals surface area contributed by atoms with Gasteiger partial charge in [-0.05, 0) is 127 Å². The Kier molecular flexibility index (Phi) is 5.73. The van der Waals surface area contributed by atoms with E-state index < -0.39 is 0 Å². The molecular weight excluding hydrogens is 629 g/mol. The molecule has 0 saturated carbocycles. The molecule has 0 saturated heterocycles. The second-order valence-corrected chi connectivity index (χ2v) is 15.7. The van der Waals surface area contributed by atoms with Gasteiger partial charge in [0.05, 0.1) is 28.1 Å². The maximum atomic E-state index is 5.55. The number of aryl methyl sites for hydroxylation is 7. The molecule has 4 aromatic heterocycles. The van der Waals surface area contributed by atoms with Crippen LogP contribution in [0.15, 0.2) is 83.8 Å². The zero-order valence-electron chi connectivity index (χ0n) is 29.0. The fourth-order valence-corrected chi connectivity index (χ4v) is 10.5. The number of imidazole rings is 2. The smallest absolute Gasteiger partial charge is 0.145 e. The number of fused-ring (bicyclic) bond motifs is 6. The van der Waals surface area contributed by atoms with E-state index in [0.717, 1.165) is 42.0 Å². The van der Waals surface area contributed by atoms with Gasteiger partial charge in [-0.25, -0.2) is 9.97 Å². The molecule has 6 heterocycles. The van der Waals surface area contributed by atoms with E-state index in [0.29, 0.717) is 0 Å². The van der Waals surface area contributed by atoms with E-state index in [-0.39, 0.29) is 0 Å². The third kappa shape index (κ3) is 3.68. The molecule has 2 aliphatic heterocycles. The maximum Gasteiger partial charge on any atom is 0.145 e. The van der Waals surface area contributed by atoms with Crippen molar-refractivity contribution in [1.82, 2.24) is 18.8 Å². The van der Waals surface area contributed by atoms with Crippen LogP contribution in [0.5, 0.6) is 0 Å². The highest BCUT2D eigenvalue weighted by molar-refractivity contribution is 7.98. The first-order valence-corrected chi connectivity index (χ1v) is 18.8. The molecule has 242 valence electrons. The Morgan fingerprint density at radius 3 is 2.14 bits per heavy atom. The molecule has 5 heteroatoms. The van der Waals surface area contributed by atoms with Crippen LogP contribution in [-0.2, 0) is 25.0 Å². The molecule has 4 nitrogen and oxygen atoms in total. The number of nitrogens with zero attached hydrogens (tertiary/aromatic N) is 4. The Morgan fingerprint density at radius 2 is 1.32 bits per heavy atom. The van der Waals surface area contributed by atoms with Crippen LogP contribution in [0.1, 0.15) is 56.2 Å². The van der Waals surface area contributed by atoms with Crippen LogP contribution in [-0.4, -0.2) is 18.8 Å². The fourth-order valence-electron chi connectivity index (χ4n) is 9.42. The summed E-state index contributed by atoms with van der Waals surface area (Å²) >= 11 is 1.94. The third-order valence-electron chi connectivity index (χ3n) is 11.8. The van der Waals surface area contributed by atoms with E-state index >= 15 is 0 Å². The van der Waals surface area contributed by atoms with E-state index in [1.54, 1.807) is 0 Å². The van der Waals surface area contributed by atoms with Gasteiger partial charge < -0.3 is 0 Å². The highest BCUT2D eigenvalue weighted by Crippen LogP contribution is 2.44. The van der Waals surface area contributed by atoms with E-state index in [1.165, 1.54) is 110 Å². The number of aromatic nitrogens is 4. The zero-order valence-corrected chi connectivity index (χ0v) is 29.8. The molecule has 0 atom stereocenters. The summed E-state index contributed by atoms with van der Waals surface area (Å²) in [6.07, 6.45) is 2.84. The van der Waals surface area contributed by atoms with Crippen LogP contribution < -0.4 is 0 Å². The molecule has 0 amide bonds. The molecule has 5 aromatic carbocycles. The van der Waals surface area contributed by atoms with Crippen LogP contribution in [0.2, 0.25) is 0 Å². The lowest BCUT2D eigenvalue weighted by molar-refractivity contribution is 0.856. The molecule has 11 rings (SSSR count). The third-order valence-corrected chi connectivity index (χ3v) is 12.8. The molecule has 9 aromatic rings. The lowest BCUT2D eigenvalue weighted by Gasteiger charge is -2.21. The Bertz CT molecular complexity index is 2990. The Labute approximate surface area is 294 Å². The van der Waals surface area contributed by atoms with Gasteiger partial charge in [0.2, 0.25) is 0 Å². The van der Waals surface area contributed by atoms with Crippen molar-refractivity contribution >= 4 is 66.4 Å². The summed E-state index contributed by atoms with van der Waals surface area (Å²) in [5, 5.41) is 7.78. The minimum atomic E-state index is 0.802. The summed E-state index contributed by atoms with van der Waals surface area (Å²) in [6, 6.07) is 30.0. The molecule has 0 N–H and O–H groups in total. The largest absolute Gasteiger partial charge is 0.296 e. The van der Waals surface area contributed by atoms with E-state index in [4.69, 9.17) is 9.97 Å². The molecule has 0 bridgehead atoms. The minimum Gasteiger partial charge on any atom is -0.296 e. The second-order valence-electron chi connectivity index (χ2n) is 14.7. The monoisotopic (exact) mass is 664 g/mol. The van der Waals surface area contributed by atoms with Gasteiger partial charge in [0, 0.05) is 44.3 Å². The van der Waals surface area contributed by atoms with Gasteiger partial charge in [0.1, 0.15) is 11.3 Å². The van der Waals surface area contributed by atoms with Crippen LogP contribution in [0.25, 0.3) is 65.8 Å². The summed E-state index contributed by atoms with van der Waals surface area (Å²) < 4.78 is 4.96. The molecule has 0 aliphatic carbocycles. The molecular formula is C45H36N4S. The van der Waals surface area contributed by atoms with Crippen molar-refractivity contribution in [2.24, 2.45) is 0 Å². The normalized spacial score (nSPS) is 13.9. The van der Waals surface area contributed by atoms with Crippen molar-refractivity contribution in [2.75, 3.05) is 0 Å². The van der Waals surface area contributed by atoms with Gasteiger partial charge in [0.15, 0.2) is 0 Å². The number of hydrogen-bond donors (Lipinski definition) is 0. The predicted molar refractivity (Wildman–Crippen MR) is 209 cm³/mol. The summed E-state index contributed by atoms with van der Waals surface area (Å²) in [4.78, 5) is 12.0.